The summed E-state index contributed by atoms with van der Waals surface area (Å²) >= 11 is 0. The first kappa shape index (κ1) is 35.2. The Morgan fingerprint density at radius 1 is 0.317 bits per heavy atom. The molecule has 0 unspecified atom stereocenters. The van der Waals surface area contributed by atoms with Crippen LogP contribution in [0.15, 0.2) is 217 Å². The highest BCUT2D eigenvalue weighted by Gasteiger charge is 2.22. The van der Waals surface area contributed by atoms with Crippen molar-refractivity contribution in [2.75, 3.05) is 0 Å². The van der Waals surface area contributed by atoms with E-state index in [0.717, 1.165) is 93.7 Å². The third-order valence-electron chi connectivity index (χ3n) is 12.4. The molecule has 0 saturated heterocycles. The van der Waals surface area contributed by atoms with E-state index in [2.05, 4.69) is 203 Å². The van der Waals surface area contributed by atoms with Gasteiger partial charge in [0.15, 0.2) is 11.6 Å². The van der Waals surface area contributed by atoms with Gasteiger partial charge in [0.25, 0.3) is 0 Å². The smallest absolute Gasteiger partial charge is 0.238 e. The second-order valence-electron chi connectivity index (χ2n) is 16.0. The molecule has 0 radical (unpaired) electrons. The van der Waals surface area contributed by atoms with Crippen molar-refractivity contribution in [2.45, 2.75) is 0 Å². The SMILES string of the molecule is c1ccc(-c2ccc(-c3nc(-c4cccc5oc6cc7c(cc6c45)c4ccccc4n7-c4cccc(-c5ccccc5)c4)nc(-n4c5ccccc5c5ccccc54)n3)cc2)cc1. The number of hydrogen-bond donors (Lipinski definition) is 0. The van der Waals surface area contributed by atoms with Crippen molar-refractivity contribution in [2.24, 2.45) is 0 Å². The van der Waals surface area contributed by atoms with Gasteiger partial charge in [-0.1, -0.05) is 164 Å². The van der Waals surface area contributed by atoms with Gasteiger partial charge < -0.3 is 8.98 Å². The molecular weight excluding hydrogens is 771 g/mol. The third kappa shape index (κ3) is 5.62. The Bertz CT molecular complexity index is 3850. The summed E-state index contributed by atoms with van der Waals surface area (Å²) < 4.78 is 11.3. The molecule has 0 aliphatic heterocycles. The quantitative estimate of drug-likeness (QED) is 0.168. The van der Waals surface area contributed by atoms with Crippen LogP contribution in [0.4, 0.5) is 0 Å². The van der Waals surface area contributed by atoms with E-state index < -0.39 is 0 Å². The molecule has 4 aromatic heterocycles. The van der Waals surface area contributed by atoms with E-state index in [4.69, 9.17) is 19.4 Å². The fraction of sp³-hybridized carbons (Fsp3) is 0. The van der Waals surface area contributed by atoms with Gasteiger partial charge in [0.1, 0.15) is 11.2 Å². The first-order valence-electron chi connectivity index (χ1n) is 21.2. The van der Waals surface area contributed by atoms with Crippen LogP contribution < -0.4 is 0 Å². The highest BCUT2D eigenvalue weighted by atomic mass is 16.3. The molecule has 0 spiro atoms. The lowest BCUT2D eigenvalue weighted by atomic mass is 10.0. The maximum Gasteiger partial charge on any atom is 0.238 e. The molecule has 63 heavy (non-hydrogen) atoms. The van der Waals surface area contributed by atoms with Crippen molar-refractivity contribution in [3.05, 3.63) is 212 Å². The van der Waals surface area contributed by atoms with Gasteiger partial charge in [0, 0.05) is 55.2 Å². The molecule has 9 aromatic carbocycles. The summed E-state index contributed by atoms with van der Waals surface area (Å²) in [5.74, 6) is 1.70. The summed E-state index contributed by atoms with van der Waals surface area (Å²) in [5, 5.41) is 6.55. The van der Waals surface area contributed by atoms with Gasteiger partial charge in [0.05, 0.1) is 22.1 Å². The number of furan rings is 1. The molecule has 6 nitrogen and oxygen atoms in total. The Kier molecular flexibility index (Phi) is 7.80. The fourth-order valence-electron chi connectivity index (χ4n) is 9.50. The first-order valence-corrected chi connectivity index (χ1v) is 21.2. The van der Waals surface area contributed by atoms with Crippen LogP contribution in [0.2, 0.25) is 0 Å². The lowest BCUT2D eigenvalue weighted by Gasteiger charge is -2.12. The van der Waals surface area contributed by atoms with Crippen LogP contribution in [0.3, 0.4) is 0 Å². The summed E-state index contributed by atoms with van der Waals surface area (Å²) in [4.78, 5) is 15.9. The van der Waals surface area contributed by atoms with E-state index in [1.807, 2.05) is 18.2 Å². The van der Waals surface area contributed by atoms with Crippen LogP contribution in [0.25, 0.3) is 122 Å². The summed E-state index contributed by atoms with van der Waals surface area (Å²) in [6.45, 7) is 0. The van der Waals surface area contributed by atoms with E-state index in [1.54, 1.807) is 0 Å². The molecule has 4 heterocycles. The van der Waals surface area contributed by atoms with E-state index in [-0.39, 0.29) is 0 Å². The normalized spacial score (nSPS) is 11.8. The van der Waals surface area contributed by atoms with Crippen molar-refractivity contribution in [1.29, 1.82) is 0 Å². The van der Waals surface area contributed by atoms with Crippen LogP contribution in [0, 0.1) is 0 Å². The van der Waals surface area contributed by atoms with E-state index >= 15 is 0 Å². The largest absolute Gasteiger partial charge is 0.456 e. The van der Waals surface area contributed by atoms with Crippen LogP contribution >= 0.6 is 0 Å². The highest BCUT2D eigenvalue weighted by Crippen LogP contribution is 2.42. The van der Waals surface area contributed by atoms with Crippen LogP contribution in [0.5, 0.6) is 0 Å². The molecule has 13 aromatic rings. The van der Waals surface area contributed by atoms with Gasteiger partial charge in [-0.05, 0) is 64.7 Å². The summed E-state index contributed by atoms with van der Waals surface area (Å²) in [7, 11) is 0. The first-order chi connectivity index (χ1) is 31.2. The van der Waals surface area contributed by atoms with Gasteiger partial charge in [-0.2, -0.15) is 9.97 Å². The molecule has 294 valence electrons. The predicted octanol–water partition coefficient (Wildman–Crippen LogP) is 14.6. The van der Waals surface area contributed by atoms with Gasteiger partial charge in [-0.3, -0.25) is 4.57 Å². The van der Waals surface area contributed by atoms with Crippen molar-refractivity contribution < 1.29 is 4.42 Å². The van der Waals surface area contributed by atoms with Crippen molar-refractivity contribution in [1.82, 2.24) is 24.1 Å². The van der Waals surface area contributed by atoms with E-state index in [0.29, 0.717) is 17.6 Å². The molecule has 0 aliphatic rings. The Hall–Kier alpha value is -8.61. The maximum atomic E-state index is 6.80. The van der Waals surface area contributed by atoms with Crippen LogP contribution in [-0.2, 0) is 0 Å². The van der Waals surface area contributed by atoms with Gasteiger partial charge >= 0.3 is 0 Å². The highest BCUT2D eigenvalue weighted by molar-refractivity contribution is 6.20. The maximum absolute atomic E-state index is 6.80. The molecule has 0 bridgehead atoms. The zero-order chi connectivity index (χ0) is 41.4. The molecule has 6 heteroatoms. The molecule has 0 saturated carbocycles. The minimum absolute atomic E-state index is 0.549. The zero-order valence-corrected chi connectivity index (χ0v) is 33.9. The van der Waals surface area contributed by atoms with Gasteiger partial charge in [0.2, 0.25) is 5.95 Å². The van der Waals surface area contributed by atoms with Crippen LogP contribution in [-0.4, -0.2) is 24.1 Å². The molecule has 0 atom stereocenters. The Labute approximate surface area is 361 Å². The second-order valence-corrected chi connectivity index (χ2v) is 16.0. The molecular formula is C57H35N5O. The lowest BCUT2D eigenvalue weighted by molar-refractivity contribution is 0.669. The third-order valence-corrected chi connectivity index (χ3v) is 12.4. The number of rotatable bonds is 6. The molecule has 0 amide bonds. The number of benzene rings is 9. The number of fused-ring (bicyclic) bond motifs is 9. The van der Waals surface area contributed by atoms with Gasteiger partial charge in [-0.25, -0.2) is 4.98 Å². The molecule has 0 N–H and O–H groups in total. The number of hydrogen-bond acceptors (Lipinski definition) is 4. The monoisotopic (exact) mass is 805 g/mol. The number of nitrogens with zero attached hydrogens (tertiary/aromatic N) is 5. The average Bonchev–Trinajstić information content (AvgIpc) is 4.01. The van der Waals surface area contributed by atoms with E-state index in [9.17, 15) is 0 Å². The number of aromatic nitrogens is 5. The minimum atomic E-state index is 0.549. The fourth-order valence-corrected chi connectivity index (χ4v) is 9.50. The molecule has 0 fully saturated rings. The summed E-state index contributed by atoms with van der Waals surface area (Å²) in [6, 6.07) is 74.4. The minimum Gasteiger partial charge on any atom is -0.456 e. The van der Waals surface area contributed by atoms with Gasteiger partial charge in [-0.15, -0.1) is 0 Å². The zero-order valence-electron chi connectivity index (χ0n) is 33.9. The Morgan fingerprint density at radius 2 is 0.857 bits per heavy atom. The molecule has 13 rings (SSSR count). The standard InChI is InChI=1S/C57H35N5O/c1-3-15-36(16-4-1)38-29-31-39(32-30-38)55-58-56(60-57(59-55)62-49-26-11-7-21-42(49)43-22-8-12-27-50(43)62)45-24-14-28-52-54(45)47-34-46-44-23-9-10-25-48(44)61(51(46)35-53(47)63-52)41-20-13-19-40(33-41)37-17-5-2-6-18-37/h1-35H. The summed E-state index contributed by atoms with van der Waals surface area (Å²) in [6.07, 6.45) is 0. The Morgan fingerprint density at radius 3 is 1.56 bits per heavy atom. The van der Waals surface area contributed by atoms with Crippen molar-refractivity contribution >= 4 is 65.6 Å². The average molecular weight is 806 g/mol. The van der Waals surface area contributed by atoms with Crippen LogP contribution in [0.1, 0.15) is 0 Å². The van der Waals surface area contributed by atoms with Crippen molar-refractivity contribution in [3.8, 4) is 56.7 Å². The Balaban J connectivity index is 1.04. The second kappa shape index (κ2) is 14.0. The lowest BCUT2D eigenvalue weighted by Crippen LogP contribution is -2.06. The summed E-state index contributed by atoms with van der Waals surface area (Å²) in [5.41, 5.74) is 13.3. The van der Waals surface area contributed by atoms with Crippen molar-refractivity contribution in [3.63, 3.8) is 0 Å². The van der Waals surface area contributed by atoms with E-state index in [1.165, 1.54) is 10.9 Å². The predicted molar refractivity (Wildman–Crippen MR) is 258 cm³/mol. The molecule has 0 aliphatic carbocycles. The number of para-hydroxylation sites is 3. The topological polar surface area (TPSA) is 61.7 Å².